The van der Waals surface area contributed by atoms with Crippen molar-refractivity contribution in [2.24, 2.45) is 0 Å². The van der Waals surface area contributed by atoms with E-state index in [0.717, 1.165) is 43.6 Å². The number of nitrogens with one attached hydrogen (secondary N) is 2. The molecule has 1 aliphatic carbocycles. The average Bonchev–Trinajstić information content (AvgIpc) is 3.00. The minimum Gasteiger partial charge on any atom is -0.312 e. The van der Waals surface area contributed by atoms with Crippen LogP contribution in [0.25, 0.3) is 0 Å². The van der Waals surface area contributed by atoms with Gasteiger partial charge in [0.25, 0.3) is 5.91 Å². The van der Waals surface area contributed by atoms with E-state index < -0.39 is 0 Å². The molecular formula is C17H21N3O2. The van der Waals surface area contributed by atoms with Gasteiger partial charge in [-0.1, -0.05) is 12.1 Å². The Bertz CT molecular complexity index is 610. The summed E-state index contributed by atoms with van der Waals surface area (Å²) in [6.45, 7) is 0.731. The van der Waals surface area contributed by atoms with Crippen LogP contribution in [0.3, 0.4) is 0 Å². The number of allylic oxidation sites excluding steroid dienone is 2. The number of nitrogens with zero attached hydrogens (tertiary/aromatic N) is 1. The Hall–Kier alpha value is -2.30. The molecule has 0 spiro atoms. The van der Waals surface area contributed by atoms with Crippen molar-refractivity contribution in [2.75, 3.05) is 11.4 Å². The summed E-state index contributed by atoms with van der Waals surface area (Å²) in [6, 6.07) is 7.22. The maximum absolute atomic E-state index is 12.2. The molecule has 0 aromatic heterocycles. The fourth-order valence-corrected chi connectivity index (χ4v) is 2.90. The first-order valence-electron chi connectivity index (χ1n) is 7.90. The quantitative estimate of drug-likeness (QED) is 0.840. The van der Waals surface area contributed by atoms with E-state index in [1.165, 1.54) is 6.42 Å². The molecule has 2 aliphatic rings. The van der Waals surface area contributed by atoms with Crippen molar-refractivity contribution in [3.8, 4) is 0 Å². The topological polar surface area (TPSA) is 61.4 Å². The predicted molar refractivity (Wildman–Crippen MR) is 85.2 cm³/mol. The van der Waals surface area contributed by atoms with Crippen molar-refractivity contribution in [1.29, 1.82) is 0 Å². The lowest BCUT2D eigenvalue weighted by molar-refractivity contribution is -0.117. The normalized spacial score (nSPS) is 18.1. The summed E-state index contributed by atoms with van der Waals surface area (Å²) in [5.41, 5.74) is 8.16. The molecule has 2 amide bonds. The standard InChI is InChI=1S/C17H21N3O2/c21-16-10-5-11-20(16)15-9-4-6-13(12-15)17(22)19-18-14-7-2-1-3-8-14/h4,6-7,9,12,18H,1-3,5,8,10-11H2,(H,19,22). The Labute approximate surface area is 130 Å². The number of amides is 2. The second-order valence-corrected chi connectivity index (χ2v) is 5.75. The maximum Gasteiger partial charge on any atom is 0.269 e. The monoisotopic (exact) mass is 299 g/mol. The Kier molecular flexibility index (Phi) is 4.42. The summed E-state index contributed by atoms with van der Waals surface area (Å²) in [4.78, 5) is 25.8. The average molecular weight is 299 g/mol. The van der Waals surface area contributed by atoms with Gasteiger partial charge in [-0.05, 0) is 50.3 Å². The van der Waals surface area contributed by atoms with Gasteiger partial charge in [-0.2, -0.15) is 0 Å². The highest BCUT2D eigenvalue weighted by molar-refractivity contribution is 5.98. The number of hydrogen-bond acceptors (Lipinski definition) is 3. The molecule has 1 fully saturated rings. The third-order valence-electron chi connectivity index (χ3n) is 4.12. The highest BCUT2D eigenvalue weighted by Crippen LogP contribution is 2.22. The smallest absolute Gasteiger partial charge is 0.269 e. The summed E-state index contributed by atoms with van der Waals surface area (Å²) in [7, 11) is 0. The van der Waals surface area contributed by atoms with Gasteiger partial charge in [-0.25, -0.2) is 0 Å². The van der Waals surface area contributed by atoms with Crippen LogP contribution in [0.15, 0.2) is 36.0 Å². The second kappa shape index (κ2) is 6.64. The lowest BCUT2D eigenvalue weighted by Gasteiger charge is -2.18. The molecule has 0 unspecified atom stereocenters. The lowest BCUT2D eigenvalue weighted by atomic mass is 10.1. The van der Waals surface area contributed by atoms with E-state index in [0.29, 0.717) is 12.0 Å². The summed E-state index contributed by atoms with van der Waals surface area (Å²) in [5.74, 6) is -0.0528. The van der Waals surface area contributed by atoms with E-state index in [1.807, 2.05) is 12.1 Å². The van der Waals surface area contributed by atoms with Crippen LogP contribution in [-0.2, 0) is 4.79 Å². The van der Waals surface area contributed by atoms with Crippen LogP contribution >= 0.6 is 0 Å². The molecule has 0 bridgehead atoms. The molecule has 22 heavy (non-hydrogen) atoms. The van der Waals surface area contributed by atoms with Gasteiger partial charge in [0.1, 0.15) is 0 Å². The molecule has 1 aromatic rings. The molecule has 5 nitrogen and oxygen atoms in total. The highest BCUT2D eigenvalue weighted by atomic mass is 16.2. The molecule has 5 heteroatoms. The van der Waals surface area contributed by atoms with Gasteiger partial charge < -0.3 is 10.3 Å². The van der Waals surface area contributed by atoms with Crippen molar-refractivity contribution in [3.05, 3.63) is 41.6 Å². The van der Waals surface area contributed by atoms with Crippen LogP contribution < -0.4 is 15.8 Å². The maximum atomic E-state index is 12.2. The van der Waals surface area contributed by atoms with Crippen molar-refractivity contribution < 1.29 is 9.59 Å². The first-order valence-corrected chi connectivity index (χ1v) is 7.90. The minimum atomic E-state index is -0.181. The molecule has 116 valence electrons. The molecular weight excluding hydrogens is 278 g/mol. The molecule has 1 aromatic carbocycles. The van der Waals surface area contributed by atoms with Gasteiger partial charge >= 0.3 is 0 Å². The van der Waals surface area contributed by atoms with Gasteiger partial charge in [0, 0.05) is 29.9 Å². The fraction of sp³-hybridized carbons (Fsp3) is 0.412. The summed E-state index contributed by atoms with van der Waals surface area (Å²) in [5, 5.41) is 0. The molecule has 0 saturated carbocycles. The van der Waals surface area contributed by atoms with Crippen LogP contribution in [0.2, 0.25) is 0 Å². The summed E-state index contributed by atoms with van der Waals surface area (Å²) < 4.78 is 0. The van der Waals surface area contributed by atoms with Gasteiger partial charge in [-0.15, -0.1) is 0 Å². The van der Waals surface area contributed by atoms with E-state index in [1.54, 1.807) is 17.0 Å². The predicted octanol–water partition coefficient (Wildman–Crippen LogP) is 2.51. The number of hydrazine groups is 1. The summed E-state index contributed by atoms with van der Waals surface area (Å²) >= 11 is 0. The van der Waals surface area contributed by atoms with Crippen LogP contribution in [0.1, 0.15) is 48.9 Å². The minimum absolute atomic E-state index is 0.128. The number of benzene rings is 1. The Morgan fingerprint density at radius 1 is 1.14 bits per heavy atom. The van der Waals surface area contributed by atoms with Crippen LogP contribution in [-0.4, -0.2) is 18.4 Å². The number of carbonyl (C=O) groups is 2. The first kappa shape index (κ1) is 14.6. The molecule has 1 heterocycles. The zero-order valence-corrected chi connectivity index (χ0v) is 12.6. The zero-order chi connectivity index (χ0) is 15.4. The zero-order valence-electron chi connectivity index (χ0n) is 12.6. The molecule has 2 N–H and O–H groups in total. The van der Waals surface area contributed by atoms with Gasteiger partial charge in [0.15, 0.2) is 0 Å². The fourth-order valence-electron chi connectivity index (χ4n) is 2.90. The highest BCUT2D eigenvalue weighted by Gasteiger charge is 2.22. The van der Waals surface area contributed by atoms with Crippen molar-refractivity contribution in [3.63, 3.8) is 0 Å². The first-order chi connectivity index (χ1) is 10.7. The summed E-state index contributed by atoms with van der Waals surface area (Å²) in [6.07, 6.45) is 8.00. The Morgan fingerprint density at radius 3 is 2.77 bits per heavy atom. The van der Waals surface area contributed by atoms with Crippen molar-refractivity contribution >= 4 is 17.5 Å². The van der Waals surface area contributed by atoms with Crippen LogP contribution in [0.4, 0.5) is 5.69 Å². The van der Waals surface area contributed by atoms with E-state index in [2.05, 4.69) is 16.9 Å². The Morgan fingerprint density at radius 2 is 2.05 bits per heavy atom. The van der Waals surface area contributed by atoms with Gasteiger partial charge in [0.05, 0.1) is 0 Å². The van der Waals surface area contributed by atoms with E-state index in [-0.39, 0.29) is 11.8 Å². The number of rotatable bonds is 4. The number of anilines is 1. The van der Waals surface area contributed by atoms with E-state index >= 15 is 0 Å². The van der Waals surface area contributed by atoms with E-state index in [9.17, 15) is 9.59 Å². The molecule has 3 rings (SSSR count). The molecule has 1 saturated heterocycles. The lowest BCUT2D eigenvalue weighted by Crippen LogP contribution is -2.37. The third-order valence-corrected chi connectivity index (χ3v) is 4.12. The van der Waals surface area contributed by atoms with Crippen molar-refractivity contribution in [1.82, 2.24) is 10.9 Å². The van der Waals surface area contributed by atoms with Crippen LogP contribution in [0, 0.1) is 0 Å². The Balaban J connectivity index is 1.65. The second-order valence-electron chi connectivity index (χ2n) is 5.75. The van der Waals surface area contributed by atoms with Crippen molar-refractivity contribution in [2.45, 2.75) is 38.5 Å². The molecule has 0 atom stereocenters. The largest absolute Gasteiger partial charge is 0.312 e. The third kappa shape index (κ3) is 3.30. The number of carbonyl (C=O) groups excluding carboxylic acids is 2. The molecule has 1 aliphatic heterocycles. The SMILES string of the molecule is O=C(NNC1=CCCCC1)c1cccc(N2CCCC2=O)c1. The van der Waals surface area contributed by atoms with Gasteiger partial charge in [-0.3, -0.25) is 15.0 Å². The van der Waals surface area contributed by atoms with Crippen LogP contribution in [0.5, 0.6) is 0 Å². The molecule has 0 radical (unpaired) electrons. The number of hydrogen-bond donors (Lipinski definition) is 2. The van der Waals surface area contributed by atoms with Gasteiger partial charge in [0.2, 0.25) is 5.91 Å². The van der Waals surface area contributed by atoms with E-state index in [4.69, 9.17) is 0 Å².